The second-order valence-electron chi connectivity index (χ2n) is 6.38. The van der Waals surface area contributed by atoms with Gasteiger partial charge in [0.1, 0.15) is 5.54 Å². The third-order valence-electron chi connectivity index (χ3n) is 5.44. The largest absolute Gasteiger partial charge is 0.377 e. The number of nitrogens with one attached hydrogen (secondary N) is 1. The first-order chi connectivity index (χ1) is 9.51. The van der Waals surface area contributed by atoms with E-state index in [1.54, 1.807) is 0 Å². The van der Waals surface area contributed by atoms with Crippen molar-refractivity contribution in [2.75, 3.05) is 27.2 Å². The number of rotatable bonds is 6. The van der Waals surface area contributed by atoms with E-state index in [-0.39, 0.29) is 5.91 Å². The number of ether oxygens (including phenoxy) is 1. The maximum Gasteiger partial charge on any atom is 0.238 e. The van der Waals surface area contributed by atoms with E-state index in [4.69, 9.17) is 10.5 Å². The van der Waals surface area contributed by atoms with Gasteiger partial charge in [-0.1, -0.05) is 6.42 Å². The van der Waals surface area contributed by atoms with Crippen LogP contribution in [0.3, 0.4) is 0 Å². The highest BCUT2D eigenvalue weighted by Gasteiger charge is 2.46. The molecule has 5 nitrogen and oxygen atoms in total. The number of carbonyl (C=O) groups is 1. The number of primary amides is 1. The molecule has 1 aliphatic carbocycles. The Morgan fingerprint density at radius 3 is 2.80 bits per heavy atom. The molecule has 1 saturated heterocycles. The normalized spacial score (nSPS) is 37.7. The third kappa shape index (κ3) is 2.85. The number of carbonyl (C=O) groups excluding carboxylic acids is 1. The molecular weight excluding hydrogens is 254 g/mol. The topological polar surface area (TPSA) is 67.6 Å². The van der Waals surface area contributed by atoms with Crippen LogP contribution in [0.15, 0.2) is 0 Å². The second-order valence-corrected chi connectivity index (χ2v) is 6.38. The minimum absolute atomic E-state index is 0.192. The Bertz CT molecular complexity index is 350. The lowest BCUT2D eigenvalue weighted by molar-refractivity contribution is -0.125. The summed E-state index contributed by atoms with van der Waals surface area (Å²) in [5, 5.41) is 3.21. The first kappa shape index (κ1) is 15.7. The SMILES string of the molecule is CNC1(C(N)=O)CCCC1CCN(C)C1CCOC1C. The molecule has 1 saturated carbocycles. The van der Waals surface area contributed by atoms with Crippen LogP contribution in [0.5, 0.6) is 0 Å². The molecule has 0 spiro atoms. The minimum Gasteiger partial charge on any atom is -0.377 e. The molecule has 0 aromatic rings. The van der Waals surface area contributed by atoms with Crippen LogP contribution in [0.2, 0.25) is 0 Å². The summed E-state index contributed by atoms with van der Waals surface area (Å²) in [4.78, 5) is 14.2. The lowest BCUT2D eigenvalue weighted by atomic mass is 9.84. The molecule has 116 valence electrons. The molecule has 0 radical (unpaired) electrons. The lowest BCUT2D eigenvalue weighted by Gasteiger charge is -2.34. The van der Waals surface area contributed by atoms with Crippen molar-refractivity contribution in [3.8, 4) is 0 Å². The Hall–Kier alpha value is -0.650. The monoisotopic (exact) mass is 283 g/mol. The highest BCUT2D eigenvalue weighted by Crippen LogP contribution is 2.38. The number of likely N-dealkylation sites (N-methyl/N-ethyl adjacent to an activating group) is 2. The molecule has 1 heterocycles. The first-order valence-electron chi connectivity index (χ1n) is 7.82. The summed E-state index contributed by atoms with van der Waals surface area (Å²) in [5.41, 5.74) is 5.16. The van der Waals surface area contributed by atoms with Gasteiger partial charge >= 0.3 is 0 Å². The van der Waals surface area contributed by atoms with Gasteiger partial charge in [-0.2, -0.15) is 0 Å². The van der Waals surface area contributed by atoms with Crippen molar-refractivity contribution in [1.82, 2.24) is 10.2 Å². The van der Waals surface area contributed by atoms with E-state index in [2.05, 4.69) is 24.2 Å². The predicted molar refractivity (Wildman–Crippen MR) is 79.4 cm³/mol. The number of amides is 1. The van der Waals surface area contributed by atoms with Crippen LogP contribution in [-0.2, 0) is 9.53 Å². The summed E-state index contributed by atoms with van der Waals surface area (Å²) in [6, 6.07) is 0.508. The Labute approximate surface area is 122 Å². The Balaban J connectivity index is 1.91. The quantitative estimate of drug-likeness (QED) is 0.754. The fraction of sp³-hybridized carbons (Fsp3) is 0.933. The molecule has 4 unspecified atom stereocenters. The number of nitrogens with two attached hydrogens (primary N) is 1. The highest BCUT2D eigenvalue weighted by molar-refractivity contribution is 5.85. The summed E-state index contributed by atoms with van der Waals surface area (Å²) < 4.78 is 5.63. The molecule has 0 aromatic carbocycles. The van der Waals surface area contributed by atoms with Crippen molar-refractivity contribution in [1.29, 1.82) is 0 Å². The van der Waals surface area contributed by atoms with Crippen molar-refractivity contribution in [3.05, 3.63) is 0 Å². The molecule has 0 bridgehead atoms. The smallest absolute Gasteiger partial charge is 0.238 e. The van der Waals surface area contributed by atoms with Gasteiger partial charge in [-0.25, -0.2) is 0 Å². The van der Waals surface area contributed by atoms with E-state index in [9.17, 15) is 4.79 Å². The van der Waals surface area contributed by atoms with Crippen molar-refractivity contribution >= 4 is 5.91 Å². The van der Waals surface area contributed by atoms with Crippen LogP contribution >= 0.6 is 0 Å². The van der Waals surface area contributed by atoms with Gasteiger partial charge in [-0.05, 0) is 59.2 Å². The zero-order chi connectivity index (χ0) is 14.8. The minimum atomic E-state index is -0.487. The van der Waals surface area contributed by atoms with Gasteiger partial charge in [0.2, 0.25) is 5.91 Å². The van der Waals surface area contributed by atoms with Crippen molar-refractivity contribution < 1.29 is 9.53 Å². The first-order valence-corrected chi connectivity index (χ1v) is 7.82. The molecule has 1 amide bonds. The van der Waals surface area contributed by atoms with Crippen LogP contribution in [0.4, 0.5) is 0 Å². The van der Waals surface area contributed by atoms with Crippen LogP contribution in [0.1, 0.15) is 39.0 Å². The average molecular weight is 283 g/mol. The molecule has 5 heteroatoms. The van der Waals surface area contributed by atoms with Crippen LogP contribution in [0.25, 0.3) is 0 Å². The average Bonchev–Trinajstić information content (AvgIpc) is 3.02. The van der Waals surface area contributed by atoms with Gasteiger partial charge in [0.05, 0.1) is 6.10 Å². The summed E-state index contributed by atoms with van der Waals surface area (Å²) in [6.07, 6.45) is 5.48. The second kappa shape index (κ2) is 6.41. The zero-order valence-electron chi connectivity index (χ0n) is 13.0. The molecule has 2 rings (SSSR count). The van der Waals surface area contributed by atoms with E-state index in [1.165, 1.54) is 0 Å². The van der Waals surface area contributed by atoms with Gasteiger partial charge < -0.3 is 20.7 Å². The number of hydrogen-bond donors (Lipinski definition) is 2. The van der Waals surface area contributed by atoms with Gasteiger partial charge in [0.25, 0.3) is 0 Å². The lowest BCUT2D eigenvalue weighted by Crippen LogP contribution is -2.57. The molecular formula is C15H29N3O2. The summed E-state index contributed by atoms with van der Waals surface area (Å²) in [5.74, 6) is 0.160. The zero-order valence-corrected chi connectivity index (χ0v) is 13.0. The molecule has 20 heavy (non-hydrogen) atoms. The Morgan fingerprint density at radius 2 is 2.25 bits per heavy atom. The van der Waals surface area contributed by atoms with Gasteiger partial charge in [-0.3, -0.25) is 4.79 Å². The number of nitrogens with zero attached hydrogens (tertiary/aromatic N) is 1. The maximum absolute atomic E-state index is 11.8. The van der Waals surface area contributed by atoms with Gasteiger partial charge in [0, 0.05) is 12.6 Å². The molecule has 2 aliphatic rings. The molecule has 4 atom stereocenters. The predicted octanol–water partition coefficient (Wildman–Crippen LogP) is 0.729. The summed E-state index contributed by atoms with van der Waals surface area (Å²) >= 11 is 0. The molecule has 1 aliphatic heterocycles. The maximum atomic E-state index is 11.8. The standard InChI is InChI=1S/C15H29N3O2/c1-11-13(7-10-20-11)18(3)9-6-12-5-4-8-15(12,17-2)14(16)19/h11-13,17H,4-10H2,1-3H3,(H2,16,19). The third-order valence-corrected chi connectivity index (χ3v) is 5.44. The van der Waals surface area contributed by atoms with E-state index < -0.39 is 5.54 Å². The van der Waals surface area contributed by atoms with Gasteiger partial charge in [0.15, 0.2) is 0 Å². The van der Waals surface area contributed by atoms with Crippen molar-refractivity contribution in [3.63, 3.8) is 0 Å². The van der Waals surface area contributed by atoms with E-state index in [0.29, 0.717) is 18.1 Å². The fourth-order valence-electron chi connectivity index (χ4n) is 4.07. The van der Waals surface area contributed by atoms with E-state index in [0.717, 1.165) is 45.3 Å². The van der Waals surface area contributed by atoms with E-state index >= 15 is 0 Å². The Morgan fingerprint density at radius 1 is 1.50 bits per heavy atom. The van der Waals surface area contributed by atoms with Crippen molar-refractivity contribution in [2.24, 2.45) is 11.7 Å². The molecule has 2 fully saturated rings. The number of hydrogen-bond acceptors (Lipinski definition) is 4. The Kier molecular flexibility index (Phi) is 5.04. The van der Waals surface area contributed by atoms with Gasteiger partial charge in [-0.15, -0.1) is 0 Å². The van der Waals surface area contributed by atoms with Crippen LogP contribution in [0, 0.1) is 5.92 Å². The van der Waals surface area contributed by atoms with Crippen LogP contribution in [-0.4, -0.2) is 55.7 Å². The fourth-order valence-corrected chi connectivity index (χ4v) is 4.07. The van der Waals surface area contributed by atoms with Crippen molar-refractivity contribution in [2.45, 2.75) is 56.7 Å². The summed E-state index contributed by atoms with van der Waals surface area (Å²) in [6.45, 7) is 4.01. The summed E-state index contributed by atoms with van der Waals surface area (Å²) in [7, 11) is 4.02. The molecule has 3 N–H and O–H groups in total. The highest BCUT2D eigenvalue weighted by atomic mass is 16.5. The van der Waals surface area contributed by atoms with Crippen LogP contribution < -0.4 is 11.1 Å². The van der Waals surface area contributed by atoms with E-state index in [1.807, 2.05) is 7.05 Å². The molecule has 0 aromatic heterocycles.